The molecule has 1 heterocycles. The van der Waals surface area contributed by atoms with Gasteiger partial charge in [0, 0.05) is 11.1 Å². The van der Waals surface area contributed by atoms with Crippen LogP contribution in [0.4, 0.5) is 0 Å². The van der Waals surface area contributed by atoms with Crippen molar-refractivity contribution in [3.8, 4) is 44.9 Å². The molecule has 0 unspecified atom stereocenters. The van der Waals surface area contributed by atoms with E-state index >= 15 is 0 Å². The van der Waals surface area contributed by atoms with Crippen molar-refractivity contribution in [1.29, 1.82) is 0 Å². The van der Waals surface area contributed by atoms with Crippen LogP contribution in [0, 0.1) is 0 Å². The summed E-state index contributed by atoms with van der Waals surface area (Å²) in [5.41, 5.74) is 7.60. The predicted octanol–water partition coefficient (Wildman–Crippen LogP) is 10.00. The van der Waals surface area contributed by atoms with Gasteiger partial charge < -0.3 is 0 Å². The Morgan fingerprint density at radius 2 is 0.881 bits per heavy atom. The average molecular weight is 536 g/mol. The van der Waals surface area contributed by atoms with E-state index < -0.39 is 0 Å². The summed E-state index contributed by atoms with van der Waals surface area (Å²) in [6.07, 6.45) is 1.80. The molecule has 0 saturated heterocycles. The lowest BCUT2D eigenvalue weighted by Gasteiger charge is -2.18. The molecule has 0 amide bonds. The Morgan fingerprint density at radius 3 is 1.50 bits per heavy atom. The van der Waals surface area contributed by atoms with Crippen LogP contribution in [0.3, 0.4) is 0 Å². The lowest BCUT2D eigenvalue weighted by molar-refractivity contribution is 0.987. The van der Waals surface area contributed by atoms with Gasteiger partial charge in [0.05, 0.1) is 6.20 Å². The molecule has 196 valence electrons. The minimum absolute atomic E-state index is 0.625. The Morgan fingerprint density at radius 1 is 0.357 bits per heavy atom. The van der Waals surface area contributed by atoms with Gasteiger partial charge in [-0.25, -0.2) is 4.98 Å². The van der Waals surface area contributed by atoms with Crippen molar-refractivity contribution >= 4 is 32.3 Å². The van der Waals surface area contributed by atoms with E-state index in [2.05, 4.69) is 130 Å². The third-order valence-electron chi connectivity index (χ3n) is 8.03. The SMILES string of the molecule is c1ccc(-c2ncc(-c3ccc(-c4c5ccccc5c(-c5ccc6ccccc6c5)c5ccccc45)cc3)nn2)cc1. The Balaban J connectivity index is 1.26. The van der Waals surface area contributed by atoms with Crippen molar-refractivity contribution in [3.63, 3.8) is 0 Å². The third kappa shape index (κ3) is 4.11. The van der Waals surface area contributed by atoms with Crippen molar-refractivity contribution in [3.05, 3.63) is 152 Å². The quantitative estimate of drug-likeness (QED) is 0.211. The first-order valence-electron chi connectivity index (χ1n) is 14.1. The first-order chi connectivity index (χ1) is 20.8. The van der Waals surface area contributed by atoms with Crippen LogP contribution < -0.4 is 0 Å². The second-order valence-corrected chi connectivity index (χ2v) is 10.5. The van der Waals surface area contributed by atoms with Crippen molar-refractivity contribution in [1.82, 2.24) is 15.2 Å². The number of aromatic nitrogens is 3. The molecule has 0 bridgehead atoms. The molecule has 0 fully saturated rings. The van der Waals surface area contributed by atoms with E-state index in [1.165, 1.54) is 49.0 Å². The van der Waals surface area contributed by atoms with Crippen molar-refractivity contribution in [2.45, 2.75) is 0 Å². The molecule has 8 aromatic rings. The van der Waals surface area contributed by atoms with Gasteiger partial charge in [0.2, 0.25) is 0 Å². The van der Waals surface area contributed by atoms with Crippen LogP contribution in [0.15, 0.2) is 152 Å². The number of hydrogen-bond donors (Lipinski definition) is 0. The van der Waals surface area contributed by atoms with Gasteiger partial charge >= 0.3 is 0 Å². The molecule has 0 aliphatic rings. The number of hydrogen-bond acceptors (Lipinski definition) is 3. The number of nitrogens with zero attached hydrogens (tertiary/aromatic N) is 3. The zero-order valence-corrected chi connectivity index (χ0v) is 22.8. The van der Waals surface area contributed by atoms with Crippen LogP contribution in [-0.2, 0) is 0 Å². The van der Waals surface area contributed by atoms with Gasteiger partial charge in [-0.1, -0.05) is 140 Å². The second-order valence-electron chi connectivity index (χ2n) is 10.5. The van der Waals surface area contributed by atoms with E-state index in [4.69, 9.17) is 0 Å². The average Bonchev–Trinajstić information content (AvgIpc) is 3.07. The molecule has 0 radical (unpaired) electrons. The molecule has 3 heteroatoms. The molecule has 7 aromatic carbocycles. The predicted molar refractivity (Wildman–Crippen MR) is 174 cm³/mol. The summed E-state index contributed by atoms with van der Waals surface area (Å²) >= 11 is 0. The summed E-state index contributed by atoms with van der Waals surface area (Å²) in [7, 11) is 0. The highest BCUT2D eigenvalue weighted by atomic mass is 15.2. The van der Waals surface area contributed by atoms with Crippen molar-refractivity contribution in [2.75, 3.05) is 0 Å². The molecular weight excluding hydrogens is 510 g/mol. The zero-order chi connectivity index (χ0) is 27.9. The number of benzene rings is 7. The highest BCUT2D eigenvalue weighted by molar-refractivity contribution is 6.21. The summed E-state index contributed by atoms with van der Waals surface area (Å²) in [6.45, 7) is 0. The largest absolute Gasteiger partial charge is 0.233 e. The van der Waals surface area contributed by atoms with E-state index in [0.29, 0.717) is 5.82 Å². The molecule has 8 rings (SSSR count). The lowest BCUT2D eigenvalue weighted by Crippen LogP contribution is -1.95. The van der Waals surface area contributed by atoms with Gasteiger partial charge in [-0.15, -0.1) is 10.2 Å². The monoisotopic (exact) mass is 535 g/mol. The standard InChI is InChI=1S/C39H25N3/c1-2-11-29(12-3-1)39-40-25-36(41-42-39)27-19-21-28(22-20-27)37-32-14-6-8-16-34(32)38(35-17-9-7-15-33(35)37)31-23-18-26-10-4-5-13-30(26)24-31/h1-25H. The lowest BCUT2D eigenvalue weighted by atomic mass is 9.85. The van der Waals surface area contributed by atoms with Crippen LogP contribution in [0.5, 0.6) is 0 Å². The van der Waals surface area contributed by atoms with Gasteiger partial charge in [-0.3, -0.25) is 0 Å². The second kappa shape index (κ2) is 10.1. The smallest absolute Gasteiger partial charge is 0.181 e. The molecule has 1 aromatic heterocycles. The maximum absolute atomic E-state index is 4.57. The highest BCUT2D eigenvalue weighted by Crippen LogP contribution is 2.44. The fourth-order valence-corrected chi connectivity index (χ4v) is 6.03. The van der Waals surface area contributed by atoms with Crippen molar-refractivity contribution in [2.24, 2.45) is 0 Å². The van der Waals surface area contributed by atoms with E-state index in [0.717, 1.165) is 22.4 Å². The minimum atomic E-state index is 0.625. The fraction of sp³-hybridized carbons (Fsp3) is 0. The Bertz CT molecular complexity index is 2160. The van der Waals surface area contributed by atoms with E-state index in [-0.39, 0.29) is 0 Å². The number of fused-ring (bicyclic) bond motifs is 3. The summed E-state index contributed by atoms with van der Waals surface area (Å²) < 4.78 is 0. The maximum atomic E-state index is 4.57. The van der Waals surface area contributed by atoms with Crippen LogP contribution in [0.1, 0.15) is 0 Å². The molecule has 0 saturated carbocycles. The Kier molecular flexibility index (Phi) is 5.79. The molecule has 0 aliphatic heterocycles. The summed E-state index contributed by atoms with van der Waals surface area (Å²) in [4.78, 5) is 4.57. The van der Waals surface area contributed by atoms with Crippen molar-refractivity contribution < 1.29 is 0 Å². The molecule has 0 atom stereocenters. The van der Waals surface area contributed by atoms with Crippen LogP contribution in [-0.4, -0.2) is 15.2 Å². The molecule has 0 N–H and O–H groups in total. The maximum Gasteiger partial charge on any atom is 0.181 e. The van der Waals surface area contributed by atoms with Gasteiger partial charge in [-0.05, 0) is 60.6 Å². The van der Waals surface area contributed by atoms with Crippen LogP contribution in [0.2, 0.25) is 0 Å². The first-order valence-corrected chi connectivity index (χ1v) is 14.1. The molecule has 42 heavy (non-hydrogen) atoms. The Labute approximate surface area is 243 Å². The van der Waals surface area contributed by atoms with Crippen LogP contribution in [0.25, 0.3) is 77.2 Å². The molecule has 3 nitrogen and oxygen atoms in total. The fourth-order valence-electron chi connectivity index (χ4n) is 6.03. The van der Waals surface area contributed by atoms with Gasteiger partial charge in [0.25, 0.3) is 0 Å². The van der Waals surface area contributed by atoms with E-state index in [1.807, 2.05) is 30.3 Å². The first kappa shape index (κ1) is 24.2. The summed E-state index contributed by atoms with van der Waals surface area (Å²) in [5.74, 6) is 0.625. The third-order valence-corrected chi connectivity index (χ3v) is 8.03. The van der Waals surface area contributed by atoms with E-state index in [1.54, 1.807) is 6.20 Å². The van der Waals surface area contributed by atoms with Crippen LogP contribution >= 0.6 is 0 Å². The highest BCUT2D eigenvalue weighted by Gasteiger charge is 2.17. The van der Waals surface area contributed by atoms with E-state index in [9.17, 15) is 0 Å². The van der Waals surface area contributed by atoms with Gasteiger partial charge in [-0.2, -0.15) is 0 Å². The topological polar surface area (TPSA) is 38.7 Å². The minimum Gasteiger partial charge on any atom is -0.233 e. The molecule has 0 aliphatic carbocycles. The van der Waals surface area contributed by atoms with Gasteiger partial charge in [0.1, 0.15) is 5.69 Å². The summed E-state index contributed by atoms with van der Waals surface area (Å²) in [6, 6.07) is 51.4. The summed E-state index contributed by atoms with van der Waals surface area (Å²) in [5, 5.41) is 16.3. The Hall–Kier alpha value is -5.67. The number of rotatable bonds is 4. The van der Waals surface area contributed by atoms with Gasteiger partial charge in [0.15, 0.2) is 5.82 Å². The zero-order valence-electron chi connectivity index (χ0n) is 22.8. The molecule has 0 spiro atoms. The normalized spacial score (nSPS) is 11.3. The molecular formula is C39H25N3.